The standard InChI is InChI=1S/C20H20N2O/c1-3-14-12-17-13-16(10-11-18(17)22-20(14)23)19(21-4-2)15-8-6-5-7-9-15/h4-13,19,21H,2-3H2,1H3,(H,22,23). The molecule has 0 spiro atoms. The van der Waals surface area contributed by atoms with Crippen LogP contribution >= 0.6 is 0 Å². The quantitative estimate of drug-likeness (QED) is 0.750. The van der Waals surface area contributed by atoms with Crippen LogP contribution in [-0.2, 0) is 6.42 Å². The average Bonchev–Trinajstić information content (AvgIpc) is 2.59. The van der Waals surface area contributed by atoms with Gasteiger partial charge in [0.2, 0.25) is 0 Å². The molecule has 3 heteroatoms. The van der Waals surface area contributed by atoms with E-state index in [1.807, 2.05) is 43.3 Å². The van der Waals surface area contributed by atoms with Gasteiger partial charge < -0.3 is 10.3 Å². The van der Waals surface area contributed by atoms with Gasteiger partial charge in [0.25, 0.3) is 5.56 Å². The number of hydrogen-bond acceptors (Lipinski definition) is 2. The molecule has 3 aromatic rings. The van der Waals surface area contributed by atoms with E-state index in [4.69, 9.17) is 0 Å². The van der Waals surface area contributed by atoms with Gasteiger partial charge in [-0.1, -0.05) is 49.9 Å². The summed E-state index contributed by atoms with van der Waals surface area (Å²) in [5.41, 5.74) is 3.98. The van der Waals surface area contributed by atoms with Crippen LogP contribution in [0.4, 0.5) is 0 Å². The minimum Gasteiger partial charge on any atom is -0.381 e. The molecule has 0 aliphatic rings. The summed E-state index contributed by atoms with van der Waals surface area (Å²) in [6, 6.07) is 18.4. The summed E-state index contributed by atoms with van der Waals surface area (Å²) in [4.78, 5) is 14.9. The number of aromatic nitrogens is 1. The van der Waals surface area contributed by atoms with Gasteiger partial charge in [-0.25, -0.2) is 0 Å². The summed E-state index contributed by atoms with van der Waals surface area (Å²) in [6.07, 6.45) is 2.44. The molecular weight excluding hydrogens is 284 g/mol. The van der Waals surface area contributed by atoms with E-state index < -0.39 is 0 Å². The average molecular weight is 304 g/mol. The molecule has 0 fully saturated rings. The van der Waals surface area contributed by atoms with E-state index >= 15 is 0 Å². The van der Waals surface area contributed by atoms with Crippen LogP contribution < -0.4 is 10.9 Å². The Hall–Kier alpha value is -2.81. The third-order valence-corrected chi connectivity index (χ3v) is 4.08. The highest BCUT2D eigenvalue weighted by atomic mass is 16.1. The zero-order valence-corrected chi connectivity index (χ0v) is 13.2. The second-order valence-corrected chi connectivity index (χ2v) is 5.54. The molecule has 3 nitrogen and oxygen atoms in total. The largest absolute Gasteiger partial charge is 0.381 e. The zero-order chi connectivity index (χ0) is 16.2. The first kappa shape index (κ1) is 15.1. The highest BCUT2D eigenvalue weighted by Crippen LogP contribution is 2.25. The molecule has 0 amide bonds. The summed E-state index contributed by atoms with van der Waals surface area (Å²) in [7, 11) is 0. The van der Waals surface area contributed by atoms with Crippen molar-refractivity contribution in [2.24, 2.45) is 0 Å². The molecule has 3 rings (SSSR count). The number of fused-ring (bicyclic) bond motifs is 1. The highest BCUT2D eigenvalue weighted by Gasteiger charge is 2.13. The van der Waals surface area contributed by atoms with E-state index in [-0.39, 0.29) is 11.6 Å². The first-order valence-corrected chi connectivity index (χ1v) is 7.80. The number of aryl methyl sites for hydroxylation is 1. The monoisotopic (exact) mass is 304 g/mol. The molecule has 1 heterocycles. The molecule has 0 aliphatic carbocycles. The number of H-pyrrole nitrogens is 1. The number of pyridine rings is 1. The lowest BCUT2D eigenvalue weighted by Gasteiger charge is -2.19. The Bertz CT molecular complexity index is 881. The minimum absolute atomic E-state index is 0.00317. The fourth-order valence-corrected chi connectivity index (χ4v) is 2.86. The first-order chi connectivity index (χ1) is 11.2. The Morgan fingerprint density at radius 1 is 1.13 bits per heavy atom. The molecule has 1 unspecified atom stereocenters. The Morgan fingerprint density at radius 2 is 1.91 bits per heavy atom. The third-order valence-electron chi connectivity index (χ3n) is 4.08. The van der Waals surface area contributed by atoms with Crippen molar-refractivity contribution in [1.29, 1.82) is 0 Å². The number of rotatable bonds is 5. The lowest BCUT2D eigenvalue weighted by Crippen LogP contribution is -2.17. The second kappa shape index (κ2) is 6.53. The van der Waals surface area contributed by atoms with Crippen molar-refractivity contribution >= 4 is 10.9 Å². The molecule has 0 aliphatic heterocycles. The fourth-order valence-electron chi connectivity index (χ4n) is 2.86. The van der Waals surface area contributed by atoms with Crippen molar-refractivity contribution in [3.8, 4) is 0 Å². The van der Waals surface area contributed by atoms with E-state index in [0.717, 1.165) is 28.5 Å². The minimum atomic E-state index is -0.00317. The smallest absolute Gasteiger partial charge is 0.251 e. The maximum Gasteiger partial charge on any atom is 0.251 e. The molecule has 116 valence electrons. The van der Waals surface area contributed by atoms with Crippen molar-refractivity contribution in [2.45, 2.75) is 19.4 Å². The maximum atomic E-state index is 11.9. The predicted molar refractivity (Wildman–Crippen MR) is 95.6 cm³/mol. The Kier molecular flexibility index (Phi) is 4.29. The summed E-state index contributed by atoms with van der Waals surface area (Å²) in [5, 5.41) is 4.36. The van der Waals surface area contributed by atoms with Gasteiger partial charge in [0, 0.05) is 11.1 Å². The molecule has 0 bridgehead atoms. The van der Waals surface area contributed by atoms with Gasteiger partial charge in [0.05, 0.1) is 6.04 Å². The molecule has 0 saturated carbocycles. The van der Waals surface area contributed by atoms with Crippen LogP contribution in [-0.4, -0.2) is 4.98 Å². The Morgan fingerprint density at radius 3 is 2.61 bits per heavy atom. The van der Waals surface area contributed by atoms with Gasteiger partial charge in [-0.05, 0) is 47.3 Å². The molecule has 1 atom stereocenters. The topological polar surface area (TPSA) is 44.9 Å². The fraction of sp³-hybridized carbons (Fsp3) is 0.150. The Labute approximate surface area is 135 Å². The van der Waals surface area contributed by atoms with Crippen molar-refractivity contribution < 1.29 is 0 Å². The number of benzene rings is 2. The number of hydrogen-bond donors (Lipinski definition) is 2. The molecular formula is C20H20N2O. The summed E-state index contributed by atoms with van der Waals surface area (Å²) >= 11 is 0. The van der Waals surface area contributed by atoms with E-state index in [1.54, 1.807) is 6.20 Å². The maximum absolute atomic E-state index is 11.9. The van der Waals surface area contributed by atoms with Gasteiger partial charge in [-0.15, -0.1) is 0 Å². The van der Waals surface area contributed by atoms with Crippen molar-refractivity contribution in [3.05, 3.63) is 94.4 Å². The molecule has 23 heavy (non-hydrogen) atoms. The second-order valence-electron chi connectivity index (χ2n) is 5.54. The number of nitrogens with one attached hydrogen (secondary N) is 2. The molecule has 2 N–H and O–H groups in total. The summed E-state index contributed by atoms with van der Waals surface area (Å²) < 4.78 is 0. The van der Waals surface area contributed by atoms with Crippen LogP contribution in [0, 0.1) is 0 Å². The number of aromatic amines is 1. The normalized spacial score (nSPS) is 12.0. The van der Waals surface area contributed by atoms with Crippen molar-refractivity contribution in [1.82, 2.24) is 10.3 Å². The van der Waals surface area contributed by atoms with Gasteiger partial charge in [-0.3, -0.25) is 4.79 Å². The SMILES string of the molecule is C=CNC(c1ccccc1)c1ccc2[nH]c(=O)c(CC)cc2c1. The van der Waals surface area contributed by atoms with Crippen molar-refractivity contribution in [2.75, 3.05) is 0 Å². The third kappa shape index (κ3) is 3.04. The van der Waals surface area contributed by atoms with Crippen LogP contribution in [0.25, 0.3) is 10.9 Å². The molecule has 2 aromatic carbocycles. The van der Waals surface area contributed by atoms with E-state index in [1.165, 1.54) is 5.56 Å². The van der Waals surface area contributed by atoms with E-state index in [0.29, 0.717) is 0 Å². The lowest BCUT2D eigenvalue weighted by atomic mass is 9.97. The van der Waals surface area contributed by atoms with E-state index in [9.17, 15) is 4.79 Å². The van der Waals surface area contributed by atoms with E-state index in [2.05, 4.69) is 35.1 Å². The predicted octanol–water partition coefficient (Wildman–Crippen LogP) is 3.91. The van der Waals surface area contributed by atoms with Crippen molar-refractivity contribution in [3.63, 3.8) is 0 Å². The van der Waals surface area contributed by atoms with Gasteiger partial charge in [0.1, 0.15) is 0 Å². The highest BCUT2D eigenvalue weighted by molar-refractivity contribution is 5.80. The van der Waals surface area contributed by atoms with Crippen LogP contribution in [0.5, 0.6) is 0 Å². The zero-order valence-electron chi connectivity index (χ0n) is 13.2. The van der Waals surface area contributed by atoms with Crippen LogP contribution in [0.1, 0.15) is 29.7 Å². The van der Waals surface area contributed by atoms with Crippen LogP contribution in [0.15, 0.2) is 72.2 Å². The lowest BCUT2D eigenvalue weighted by molar-refractivity contribution is 0.731. The summed E-state index contributed by atoms with van der Waals surface area (Å²) in [6.45, 7) is 5.79. The van der Waals surface area contributed by atoms with Crippen LogP contribution in [0.2, 0.25) is 0 Å². The van der Waals surface area contributed by atoms with Crippen LogP contribution in [0.3, 0.4) is 0 Å². The summed E-state index contributed by atoms with van der Waals surface area (Å²) in [5.74, 6) is 0. The van der Waals surface area contributed by atoms with Gasteiger partial charge >= 0.3 is 0 Å². The first-order valence-electron chi connectivity index (χ1n) is 7.80. The Balaban J connectivity index is 2.11. The van der Waals surface area contributed by atoms with Gasteiger partial charge in [0.15, 0.2) is 0 Å². The molecule has 1 aromatic heterocycles. The van der Waals surface area contributed by atoms with Gasteiger partial charge in [-0.2, -0.15) is 0 Å². The molecule has 0 radical (unpaired) electrons. The molecule has 0 saturated heterocycles.